The molecule has 3 aromatic rings. The number of methoxy groups -OCH3 is 3. The van der Waals surface area contributed by atoms with E-state index in [0.29, 0.717) is 22.9 Å². The Morgan fingerprint density at radius 2 is 1.50 bits per heavy atom. The summed E-state index contributed by atoms with van der Waals surface area (Å²) in [6.07, 6.45) is 0. The lowest BCUT2D eigenvalue weighted by molar-refractivity contribution is 0.324. The van der Waals surface area contributed by atoms with Crippen LogP contribution in [0, 0.1) is 6.92 Å². The molecule has 0 fully saturated rings. The normalized spacial score (nSPS) is 10.7. The Balaban J connectivity index is 2.24. The maximum Gasteiger partial charge on any atom is 0.203 e. The number of aromatic nitrogens is 2. The largest absolute Gasteiger partial charge is 0.493 e. The third-order valence-corrected chi connectivity index (χ3v) is 3.80. The maximum atomic E-state index is 5.86. The second kappa shape index (κ2) is 6.23. The first-order valence-electron chi connectivity index (χ1n) is 7.41. The van der Waals surface area contributed by atoms with Crippen LogP contribution in [-0.2, 0) is 0 Å². The van der Waals surface area contributed by atoms with Crippen molar-refractivity contribution in [1.29, 1.82) is 0 Å². The van der Waals surface area contributed by atoms with Crippen LogP contribution in [0.5, 0.6) is 17.2 Å². The van der Waals surface area contributed by atoms with Crippen LogP contribution in [0.1, 0.15) is 5.69 Å². The Kier molecular flexibility index (Phi) is 4.12. The Labute approximate surface area is 140 Å². The topological polar surface area (TPSA) is 79.5 Å². The van der Waals surface area contributed by atoms with Gasteiger partial charge in [0.05, 0.1) is 43.8 Å². The van der Waals surface area contributed by atoms with Crippen LogP contribution in [0.4, 0.5) is 5.69 Å². The summed E-state index contributed by atoms with van der Waals surface area (Å²) in [6.45, 7) is 1.92. The predicted octanol–water partition coefficient (Wildman–Crippen LogP) is 3.21. The van der Waals surface area contributed by atoms with Gasteiger partial charge in [0.15, 0.2) is 11.5 Å². The maximum absolute atomic E-state index is 5.86. The van der Waals surface area contributed by atoms with Crippen LogP contribution in [0.2, 0.25) is 0 Å². The molecule has 0 unspecified atom stereocenters. The van der Waals surface area contributed by atoms with Gasteiger partial charge in [-0.15, -0.1) is 0 Å². The summed E-state index contributed by atoms with van der Waals surface area (Å²) in [5.74, 6) is 1.68. The fraction of sp³-hybridized carbons (Fsp3) is 0.222. The van der Waals surface area contributed by atoms with E-state index in [0.717, 1.165) is 28.0 Å². The highest BCUT2D eigenvalue weighted by Crippen LogP contribution is 2.41. The third-order valence-electron chi connectivity index (χ3n) is 3.80. The molecule has 6 nitrogen and oxygen atoms in total. The van der Waals surface area contributed by atoms with Gasteiger partial charge in [-0.1, -0.05) is 0 Å². The molecular weight excluding hydrogens is 306 g/mol. The van der Waals surface area contributed by atoms with Crippen LogP contribution >= 0.6 is 0 Å². The molecule has 124 valence electrons. The Hall–Kier alpha value is -3.02. The van der Waals surface area contributed by atoms with Crippen molar-refractivity contribution in [3.8, 4) is 28.5 Å². The van der Waals surface area contributed by atoms with Crippen molar-refractivity contribution in [1.82, 2.24) is 9.97 Å². The van der Waals surface area contributed by atoms with E-state index >= 15 is 0 Å². The van der Waals surface area contributed by atoms with Gasteiger partial charge in [-0.3, -0.25) is 0 Å². The molecule has 0 bridgehead atoms. The van der Waals surface area contributed by atoms with E-state index in [1.54, 1.807) is 21.3 Å². The van der Waals surface area contributed by atoms with Crippen molar-refractivity contribution in [2.24, 2.45) is 0 Å². The number of nitrogen functional groups attached to an aromatic ring is 1. The second-order valence-corrected chi connectivity index (χ2v) is 5.32. The van der Waals surface area contributed by atoms with Crippen molar-refractivity contribution in [3.05, 3.63) is 36.0 Å². The number of ether oxygens (including phenoxy) is 3. The highest BCUT2D eigenvalue weighted by atomic mass is 16.5. The van der Waals surface area contributed by atoms with E-state index in [4.69, 9.17) is 24.9 Å². The molecule has 24 heavy (non-hydrogen) atoms. The summed E-state index contributed by atoms with van der Waals surface area (Å²) >= 11 is 0. The van der Waals surface area contributed by atoms with Crippen molar-refractivity contribution in [2.45, 2.75) is 6.92 Å². The summed E-state index contributed by atoms with van der Waals surface area (Å²) in [4.78, 5) is 9.33. The number of fused-ring (bicyclic) bond motifs is 1. The Bertz CT molecular complexity index is 884. The quantitative estimate of drug-likeness (QED) is 0.742. The first-order valence-corrected chi connectivity index (χ1v) is 7.41. The van der Waals surface area contributed by atoms with E-state index in [9.17, 15) is 0 Å². The van der Waals surface area contributed by atoms with Crippen LogP contribution in [0.25, 0.3) is 22.3 Å². The zero-order chi connectivity index (χ0) is 17.3. The number of rotatable bonds is 4. The van der Waals surface area contributed by atoms with Crippen molar-refractivity contribution < 1.29 is 14.2 Å². The van der Waals surface area contributed by atoms with Crippen LogP contribution in [0.3, 0.4) is 0 Å². The fourth-order valence-corrected chi connectivity index (χ4v) is 2.65. The molecule has 2 aromatic carbocycles. The lowest BCUT2D eigenvalue weighted by Gasteiger charge is -2.15. The minimum atomic E-state index is 0.541. The van der Waals surface area contributed by atoms with Gasteiger partial charge in [-0.25, -0.2) is 9.97 Å². The SMILES string of the molecule is COc1cc(-c2nc3cc(N)ccc3nc2C)cc(OC)c1OC. The summed E-state index contributed by atoms with van der Waals surface area (Å²) in [5, 5.41) is 0. The van der Waals surface area contributed by atoms with Gasteiger partial charge in [-0.2, -0.15) is 0 Å². The average molecular weight is 325 g/mol. The molecule has 0 atom stereocenters. The van der Waals surface area contributed by atoms with Crippen LogP contribution in [0.15, 0.2) is 30.3 Å². The lowest BCUT2D eigenvalue weighted by atomic mass is 10.1. The lowest BCUT2D eigenvalue weighted by Crippen LogP contribution is -1.99. The first kappa shape index (κ1) is 15.9. The number of nitrogens with two attached hydrogens (primary N) is 1. The molecule has 0 aliphatic heterocycles. The van der Waals surface area contributed by atoms with Gasteiger partial charge in [-0.05, 0) is 37.3 Å². The molecule has 0 spiro atoms. The van der Waals surface area contributed by atoms with Gasteiger partial charge < -0.3 is 19.9 Å². The number of benzene rings is 2. The van der Waals surface area contributed by atoms with Gasteiger partial charge in [0.2, 0.25) is 5.75 Å². The molecule has 2 N–H and O–H groups in total. The third kappa shape index (κ3) is 2.67. The zero-order valence-electron chi connectivity index (χ0n) is 14.1. The molecule has 0 amide bonds. The molecule has 0 aliphatic rings. The van der Waals surface area contributed by atoms with Crippen molar-refractivity contribution >= 4 is 16.7 Å². The van der Waals surface area contributed by atoms with Gasteiger partial charge in [0.25, 0.3) is 0 Å². The molecule has 1 aromatic heterocycles. The number of hydrogen-bond acceptors (Lipinski definition) is 6. The molecule has 0 radical (unpaired) electrons. The Morgan fingerprint density at radius 3 is 2.08 bits per heavy atom. The predicted molar refractivity (Wildman–Crippen MR) is 93.8 cm³/mol. The van der Waals surface area contributed by atoms with Gasteiger partial charge in [0, 0.05) is 11.3 Å². The molecule has 3 rings (SSSR count). The zero-order valence-corrected chi connectivity index (χ0v) is 14.1. The second-order valence-electron chi connectivity index (χ2n) is 5.32. The van der Waals surface area contributed by atoms with Crippen molar-refractivity contribution in [2.75, 3.05) is 27.1 Å². The average Bonchev–Trinajstić information content (AvgIpc) is 2.60. The Morgan fingerprint density at radius 1 is 0.833 bits per heavy atom. The molecule has 6 heteroatoms. The number of anilines is 1. The van der Waals surface area contributed by atoms with E-state index < -0.39 is 0 Å². The van der Waals surface area contributed by atoms with Crippen molar-refractivity contribution in [3.63, 3.8) is 0 Å². The minimum Gasteiger partial charge on any atom is -0.493 e. The molecule has 0 aliphatic carbocycles. The fourth-order valence-electron chi connectivity index (χ4n) is 2.65. The molecular formula is C18H19N3O3. The van der Waals surface area contributed by atoms with E-state index in [2.05, 4.69) is 4.98 Å². The van der Waals surface area contributed by atoms with Crippen LogP contribution < -0.4 is 19.9 Å². The number of nitrogens with zero attached hydrogens (tertiary/aromatic N) is 2. The highest BCUT2D eigenvalue weighted by molar-refractivity contribution is 5.82. The molecule has 0 saturated carbocycles. The standard InChI is InChI=1S/C18H19N3O3/c1-10-17(21-14-9-12(19)5-6-13(14)20-10)11-7-15(22-2)18(24-4)16(8-11)23-3/h5-9H,19H2,1-4H3. The molecule has 0 saturated heterocycles. The summed E-state index contributed by atoms with van der Waals surface area (Å²) in [6, 6.07) is 9.20. The summed E-state index contributed by atoms with van der Waals surface area (Å²) < 4.78 is 16.2. The number of aryl methyl sites for hydroxylation is 1. The van der Waals surface area contributed by atoms with E-state index in [-0.39, 0.29) is 0 Å². The van der Waals surface area contributed by atoms with E-state index in [1.807, 2.05) is 37.3 Å². The number of hydrogen-bond donors (Lipinski definition) is 1. The van der Waals surface area contributed by atoms with Gasteiger partial charge >= 0.3 is 0 Å². The molecule has 1 heterocycles. The van der Waals surface area contributed by atoms with Crippen LogP contribution in [-0.4, -0.2) is 31.3 Å². The van der Waals surface area contributed by atoms with Gasteiger partial charge in [0.1, 0.15) is 0 Å². The monoisotopic (exact) mass is 325 g/mol. The smallest absolute Gasteiger partial charge is 0.203 e. The highest BCUT2D eigenvalue weighted by Gasteiger charge is 2.16. The summed E-state index contributed by atoms with van der Waals surface area (Å²) in [5.41, 5.74) is 10.4. The minimum absolute atomic E-state index is 0.541. The van der Waals surface area contributed by atoms with E-state index in [1.165, 1.54) is 0 Å². The summed E-state index contributed by atoms with van der Waals surface area (Å²) in [7, 11) is 4.74. The first-order chi connectivity index (χ1) is 11.6.